The van der Waals surface area contributed by atoms with Crippen LogP contribution in [0.5, 0.6) is 0 Å². The molecule has 0 aromatic rings. The first-order valence-corrected chi connectivity index (χ1v) is 3.83. The summed E-state index contributed by atoms with van der Waals surface area (Å²) in [5.74, 6) is 0. The number of hydrogen-bond donors (Lipinski definition) is 0. The molecule has 3 fully saturated rings. The molecule has 0 spiro atoms. The number of rotatable bonds is 0. The zero-order valence-electron chi connectivity index (χ0n) is 3.70. The molecule has 0 aromatic heterocycles. The van der Waals surface area contributed by atoms with Crippen molar-refractivity contribution in [3.8, 4) is 0 Å². The van der Waals surface area contributed by atoms with Crippen LogP contribution in [0.2, 0.25) is 0 Å². The van der Waals surface area contributed by atoms with Gasteiger partial charge in [0.25, 0.3) is 0 Å². The molecule has 3 saturated heterocycles. The quantitative estimate of drug-likeness (QED) is 0.451. The molecule has 3 aliphatic heterocycles. The Morgan fingerprint density at radius 3 is 1.12 bits per heavy atom. The molecule has 0 N–H and O–H groups in total. The van der Waals surface area contributed by atoms with E-state index in [1.807, 2.05) is 0 Å². The zero-order chi connectivity index (χ0) is 5.98. The Bertz CT molecular complexity index is 97.3. The van der Waals surface area contributed by atoms with Crippen molar-refractivity contribution in [1.82, 2.24) is 0 Å². The van der Waals surface area contributed by atoms with Gasteiger partial charge in [-0.2, -0.15) is 0 Å². The van der Waals surface area contributed by atoms with Crippen LogP contribution in [0.1, 0.15) is 0 Å². The van der Waals surface area contributed by atoms with Crippen molar-refractivity contribution in [1.29, 1.82) is 0 Å². The van der Waals surface area contributed by atoms with Crippen LogP contribution >= 0.6 is 0 Å². The van der Waals surface area contributed by atoms with E-state index in [4.69, 9.17) is 5.63 Å². The Hall–Kier alpha value is 0.493. The van der Waals surface area contributed by atoms with Gasteiger partial charge in [0.05, 0.1) is 0 Å². The van der Waals surface area contributed by atoms with Gasteiger partial charge >= 0.3 is 43.5 Å². The second-order valence-electron chi connectivity index (χ2n) is 1.07. The molecule has 2 bridgehead atoms. The van der Waals surface area contributed by atoms with Gasteiger partial charge in [-0.25, -0.2) is 0 Å². The van der Waals surface area contributed by atoms with Crippen LogP contribution in [0, 0.1) is 0 Å². The van der Waals surface area contributed by atoms with E-state index >= 15 is 0 Å². The average molecular weight is 193 g/mol. The molecule has 0 amide bonds. The van der Waals surface area contributed by atoms with Crippen LogP contribution in [-0.4, -0.2) is 14.6 Å². The normalized spacial score (nSPS) is 19.0. The van der Waals surface area contributed by atoms with Crippen molar-refractivity contribution in [3.05, 3.63) is 0 Å². The molecule has 5 nitrogen and oxygen atoms in total. The predicted molar refractivity (Wildman–Crippen MR) is 16.1 cm³/mol. The Balaban J connectivity index is 0.0000000960. The van der Waals surface area contributed by atoms with Crippen molar-refractivity contribution in [2.45, 2.75) is 0 Å². The Kier molecular flexibility index (Phi) is 2.37. The Morgan fingerprint density at radius 1 is 1.00 bits per heavy atom. The fourth-order valence-electron chi connectivity index (χ4n) is 0.303. The maximum atomic E-state index is 8.54. The fourth-order valence-corrected chi connectivity index (χ4v) is 0.303. The molecule has 8 heteroatoms. The van der Waals surface area contributed by atoms with Crippen molar-refractivity contribution in [2.75, 3.05) is 0 Å². The first-order chi connectivity index (χ1) is 3.86. The SMILES string of the molecule is O1B2OB1O2.[O]=[Zr]=[O]. The fraction of sp³-hybridized carbons (Fsp3) is 0. The van der Waals surface area contributed by atoms with Crippen LogP contribution in [0.25, 0.3) is 0 Å². The van der Waals surface area contributed by atoms with E-state index in [0.29, 0.717) is 0 Å². The van der Waals surface area contributed by atoms with E-state index in [-0.39, 0.29) is 14.6 Å². The molecule has 0 unspecified atom stereocenters. The van der Waals surface area contributed by atoms with Gasteiger partial charge in [-0.15, -0.1) is 0 Å². The third-order valence-electron chi connectivity index (χ3n) is 0.667. The summed E-state index contributed by atoms with van der Waals surface area (Å²) >= 11 is -2.27. The second kappa shape index (κ2) is 2.87. The van der Waals surface area contributed by atoms with E-state index in [0.717, 1.165) is 0 Å². The van der Waals surface area contributed by atoms with Gasteiger partial charge in [0.2, 0.25) is 0 Å². The van der Waals surface area contributed by atoms with Crippen LogP contribution in [0.4, 0.5) is 0 Å². The first kappa shape index (κ1) is 6.61. The van der Waals surface area contributed by atoms with Gasteiger partial charge in [0, 0.05) is 0 Å². The van der Waals surface area contributed by atoms with Gasteiger partial charge in [0.15, 0.2) is 0 Å². The molecule has 0 aliphatic carbocycles. The van der Waals surface area contributed by atoms with E-state index in [1.165, 1.54) is 0 Å². The second-order valence-corrected chi connectivity index (χ2v) is 1.48. The molecule has 8 heavy (non-hydrogen) atoms. The molecular weight excluding hydrogens is 193 g/mol. The zero-order valence-corrected chi connectivity index (χ0v) is 6.15. The minimum absolute atomic E-state index is 0.292. The third-order valence-corrected chi connectivity index (χ3v) is 0.667. The maximum absolute atomic E-state index is 8.54. The van der Waals surface area contributed by atoms with Crippen LogP contribution in [0.15, 0.2) is 0 Å². The van der Waals surface area contributed by atoms with E-state index < -0.39 is 23.2 Å². The molecule has 3 heterocycles. The standard InChI is InChI=1S/B2O3.2O.Zr/c3-1-4-2(3)5-1;;;. The Labute approximate surface area is 57.5 Å². The molecule has 40 valence electrons. The molecular formula is B2O5Zr. The van der Waals surface area contributed by atoms with Crippen LogP contribution in [-0.2, 0) is 42.6 Å². The van der Waals surface area contributed by atoms with Gasteiger partial charge in [-0.1, -0.05) is 0 Å². The average Bonchev–Trinajstić information content (AvgIpc) is 1.20. The molecule has 3 aliphatic rings. The van der Waals surface area contributed by atoms with E-state index in [9.17, 15) is 0 Å². The van der Waals surface area contributed by atoms with Gasteiger partial charge in [-0.05, 0) is 0 Å². The summed E-state index contributed by atoms with van der Waals surface area (Å²) in [5.41, 5.74) is 0. The summed E-state index contributed by atoms with van der Waals surface area (Å²) in [6, 6.07) is 0. The minimum atomic E-state index is -2.27. The first-order valence-electron chi connectivity index (χ1n) is 1.82. The summed E-state index contributed by atoms with van der Waals surface area (Å²) in [4.78, 5) is 0. The van der Waals surface area contributed by atoms with Crippen molar-refractivity contribution in [3.63, 3.8) is 0 Å². The molecule has 3 rings (SSSR count). The van der Waals surface area contributed by atoms with E-state index in [1.54, 1.807) is 0 Å². The van der Waals surface area contributed by atoms with Crippen LogP contribution in [0.3, 0.4) is 0 Å². The summed E-state index contributed by atoms with van der Waals surface area (Å²) in [5, 5.41) is 0. The van der Waals surface area contributed by atoms with Crippen molar-refractivity contribution < 1.29 is 42.6 Å². The van der Waals surface area contributed by atoms with Gasteiger partial charge in [0.1, 0.15) is 0 Å². The molecule has 0 atom stereocenters. The molecule has 0 saturated carbocycles. The summed E-state index contributed by atoms with van der Waals surface area (Å²) in [6.07, 6.45) is 0. The number of hydrogen-bond acceptors (Lipinski definition) is 5. The van der Waals surface area contributed by atoms with E-state index in [2.05, 4.69) is 13.7 Å². The van der Waals surface area contributed by atoms with Gasteiger partial charge < -0.3 is 13.7 Å². The van der Waals surface area contributed by atoms with Gasteiger partial charge in [-0.3, -0.25) is 0 Å². The monoisotopic (exact) mass is 192 g/mol. The topological polar surface area (TPSA) is 61.8 Å². The molecule has 0 aromatic carbocycles. The van der Waals surface area contributed by atoms with Crippen LogP contribution < -0.4 is 0 Å². The third kappa shape index (κ3) is 1.26. The molecule has 0 radical (unpaired) electrons. The van der Waals surface area contributed by atoms with Crippen molar-refractivity contribution >= 4 is 14.6 Å². The summed E-state index contributed by atoms with van der Waals surface area (Å²) < 4.78 is 30.8. The Morgan fingerprint density at radius 2 is 1.12 bits per heavy atom. The summed E-state index contributed by atoms with van der Waals surface area (Å²) in [6.45, 7) is 0. The predicted octanol–water partition coefficient (Wildman–Crippen LogP) is -1.21. The van der Waals surface area contributed by atoms with Crippen molar-refractivity contribution in [2.24, 2.45) is 0 Å². The summed E-state index contributed by atoms with van der Waals surface area (Å²) in [7, 11) is -0.583.